The maximum absolute atomic E-state index is 12.8. The zero-order valence-corrected chi connectivity index (χ0v) is 14.7. The number of carbonyl (C=O) groups excluding carboxylic acids is 3. The first-order chi connectivity index (χ1) is 12.2. The number of carboxylic acids is 1. The van der Waals surface area contributed by atoms with Crippen molar-refractivity contribution in [3.63, 3.8) is 0 Å². The van der Waals surface area contributed by atoms with Crippen molar-refractivity contribution in [3.05, 3.63) is 35.4 Å². The predicted molar refractivity (Wildman–Crippen MR) is 91.1 cm³/mol. The molecule has 0 aliphatic carbocycles. The number of carbonyl (C=O) groups is 4. The number of nitrogens with one attached hydrogen (secondary N) is 1. The monoisotopic (exact) mass is 359 g/mol. The Balaban J connectivity index is 1.72. The minimum Gasteiger partial charge on any atom is -0.481 e. The summed E-state index contributed by atoms with van der Waals surface area (Å²) in [6.07, 6.45) is 0.377. The lowest BCUT2D eigenvalue weighted by Crippen LogP contribution is -2.44. The molecule has 0 radical (unpaired) electrons. The lowest BCUT2D eigenvalue weighted by molar-refractivity contribution is -0.142. The third-order valence-electron chi connectivity index (χ3n) is 5.09. The molecule has 2 aliphatic heterocycles. The molecule has 0 bridgehead atoms. The zero-order valence-electron chi connectivity index (χ0n) is 14.7. The van der Waals surface area contributed by atoms with E-state index < -0.39 is 41.8 Å². The molecule has 0 saturated carbocycles. The number of hydrogen-bond acceptors (Lipinski definition) is 4. The maximum atomic E-state index is 12.8. The van der Waals surface area contributed by atoms with Gasteiger partial charge in [-0.1, -0.05) is 29.8 Å². The minimum absolute atomic E-state index is 0.104. The third-order valence-corrected chi connectivity index (χ3v) is 5.09. The SMILES string of the molecule is Cc1ccc([C@@]2(C)NC(=O)N(CC(=O)N3CC[C@@H](C(=O)O)C3)C2=O)cc1. The summed E-state index contributed by atoms with van der Waals surface area (Å²) >= 11 is 0. The van der Waals surface area contributed by atoms with E-state index in [1.54, 1.807) is 19.1 Å². The van der Waals surface area contributed by atoms with Crippen LogP contribution in [0.15, 0.2) is 24.3 Å². The molecule has 4 amide bonds. The Morgan fingerprint density at radius 2 is 1.92 bits per heavy atom. The quantitative estimate of drug-likeness (QED) is 0.770. The summed E-state index contributed by atoms with van der Waals surface area (Å²) in [7, 11) is 0. The van der Waals surface area contributed by atoms with Gasteiger partial charge in [-0.3, -0.25) is 19.3 Å². The number of amides is 4. The van der Waals surface area contributed by atoms with Crippen LogP contribution in [0.4, 0.5) is 4.79 Å². The van der Waals surface area contributed by atoms with Gasteiger partial charge in [-0.15, -0.1) is 0 Å². The molecule has 26 heavy (non-hydrogen) atoms. The van der Waals surface area contributed by atoms with Gasteiger partial charge in [0.1, 0.15) is 12.1 Å². The van der Waals surface area contributed by atoms with Gasteiger partial charge in [0.25, 0.3) is 5.91 Å². The number of benzene rings is 1. The van der Waals surface area contributed by atoms with Gasteiger partial charge in [0.2, 0.25) is 5.91 Å². The summed E-state index contributed by atoms with van der Waals surface area (Å²) in [5.41, 5.74) is 0.450. The number of carboxylic acid groups (broad SMARTS) is 1. The van der Waals surface area contributed by atoms with Crippen LogP contribution in [-0.4, -0.2) is 58.4 Å². The molecule has 1 aromatic carbocycles. The normalized spacial score (nSPS) is 25.5. The van der Waals surface area contributed by atoms with Gasteiger partial charge in [-0.05, 0) is 25.8 Å². The molecular formula is C18H21N3O5. The van der Waals surface area contributed by atoms with Crippen molar-refractivity contribution in [1.29, 1.82) is 0 Å². The van der Waals surface area contributed by atoms with Crippen LogP contribution in [0, 0.1) is 12.8 Å². The van der Waals surface area contributed by atoms with Gasteiger partial charge in [0.15, 0.2) is 0 Å². The van der Waals surface area contributed by atoms with E-state index in [0.717, 1.165) is 10.5 Å². The molecule has 0 unspecified atom stereocenters. The number of likely N-dealkylation sites (tertiary alicyclic amines) is 1. The summed E-state index contributed by atoms with van der Waals surface area (Å²) in [5.74, 6) is -2.46. The van der Waals surface area contributed by atoms with E-state index in [-0.39, 0.29) is 6.54 Å². The molecule has 3 rings (SSSR count). The Hall–Kier alpha value is -2.90. The fourth-order valence-corrected chi connectivity index (χ4v) is 3.35. The number of rotatable bonds is 4. The molecule has 2 fully saturated rings. The molecule has 8 nitrogen and oxygen atoms in total. The first kappa shape index (κ1) is 17.9. The highest BCUT2D eigenvalue weighted by atomic mass is 16.4. The second-order valence-electron chi connectivity index (χ2n) is 6.98. The Labute approximate surface area is 150 Å². The summed E-state index contributed by atoms with van der Waals surface area (Å²) in [4.78, 5) is 50.8. The summed E-state index contributed by atoms with van der Waals surface area (Å²) in [6, 6.07) is 6.63. The topological polar surface area (TPSA) is 107 Å². The van der Waals surface area contributed by atoms with Crippen molar-refractivity contribution in [2.75, 3.05) is 19.6 Å². The van der Waals surface area contributed by atoms with Gasteiger partial charge < -0.3 is 15.3 Å². The number of aliphatic carboxylic acids is 1. The lowest BCUT2D eigenvalue weighted by Gasteiger charge is -2.23. The molecule has 2 N–H and O–H groups in total. The minimum atomic E-state index is -1.22. The second kappa shape index (κ2) is 6.44. The van der Waals surface area contributed by atoms with Crippen LogP contribution in [0.5, 0.6) is 0 Å². The van der Waals surface area contributed by atoms with E-state index in [0.29, 0.717) is 18.5 Å². The number of aryl methyl sites for hydroxylation is 1. The first-order valence-corrected chi connectivity index (χ1v) is 8.44. The van der Waals surface area contributed by atoms with Crippen molar-refractivity contribution in [3.8, 4) is 0 Å². The third kappa shape index (κ3) is 3.02. The van der Waals surface area contributed by atoms with Crippen LogP contribution in [0.25, 0.3) is 0 Å². The molecule has 1 aromatic rings. The van der Waals surface area contributed by atoms with Crippen LogP contribution in [0.1, 0.15) is 24.5 Å². The molecule has 0 spiro atoms. The molecule has 2 saturated heterocycles. The van der Waals surface area contributed by atoms with Gasteiger partial charge in [-0.25, -0.2) is 4.79 Å². The smallest absolute Gasteiger partial charge is 0.325 e. The van der Waals surface area contributed by atoms with E-state index in [1.807, 2.05) is 19.1 Å². The Morgan fingerprint density at radius 3 is 2.50 bits per heavy atom. The fourth-order valence-electron chi connectivity index (χ4n) is 3.35. The largest absolute Gasteiger partial charge is 0.481 e. The Kier molecular flexibility index (Phi) is 4.43. The Bertz CT molecular complexity index is 776. The van der Waals surface area contributed by atoms with E-state index in [1.165, 1.54) is 4.90 Å². The van der Waals surface area contributed by atoms with Crippen LogP contribution in [0.2, 0.25) is 0 Å². The van der Waals surface area contributed by atoms with Crippen LogP contribution >= 0.6 is 0 Å². The van der Waals surface area contributed by atoms with Crippen molar-refractivity contribution in [1.82, 2.24) is 15.1 Å². The highest BCUT2D eigenvalue weighted by Gasteiger charge is 2.50. The van der Waals surface area contributed by atoms with Gasteiger partial charge in [0, 0.05) is 13.1 Å². The van der Waals surface area contributed by atoms with E-state index in [4.69, 9.17) is 5.11 Å². The second-order valence-corrected chi connectivity index (χ2v) is 6.98. The average Bonchev–Trinajstić information content (AvgIpc) is 3.16. The van der Waals surface area contributed by atoms with E-state index in [9.17, 15) is 19.2 Å². The van der Waals surface area contributed by atoms with Crippen LogP contribution in [0.3, 0.4) is 0 Å². The molecular weight excluding hydrogens is 338 g/mol. The van der Waals surface area contributed by atoms with Crippen molar-refractivity contribution < 1.29 is 24.3 Å². The molecule has 0 aromatic heterocycles. The van der Waals surface area contributed by atoms with Gasteiger partial charge in [-0.2, -0.15) is 0 Å². The van der Waals surface area contributed by atoms with E-state index in [2.05, 4.69) is 5.32 Å². The average molecular weight is 359 g/mol. The Morgan fingerprint density at radius 1 is 1.27 bits per heavy atom. The van der Waals surface area contributed by atoms with Gasteiger partial charge in [0.05, 0.1) is 5.92 Å². The molecule has 8 heteroatoms. The fraction of sp³-hybridized carbons (Fsp3) is 0.444. The van der Waals surface area contributed by atoms with Crippen molar-refractivity contribution in [2.45, 2.75) is 25.8 Å². The standard InChI is InChI=1S/C18H21N3O5/c1-11-3-5-13(6-4-11)18(2)16(25)21(17(26)19-18)10-14(22)20-8-7-12(9-20)15(23)24/h3-6,12H,7-10H2,1-2H3,(H,19,26)(H,23,24)/t12-,18-/m1/s1. The van der Waals surface area contributed by atoms with E-state index >= 15 is 0 Å². The molecule has 2 aliphatic rings. The molecule has 2 atom stereocenters. The van der Waals surface area contributed by atoms with Crippen molar-refractivity contribution >= 4 is 23.8 Å². The summed E-state index contributed by atoms with van der Waals surface area (Å²) in [6.45, 7) is 3.56. The zero-order chi connectivity index (χ0) is 19.1. The number of nitrogens with zero attached hydrogens (tertiary/aromatic N) is 2. The predicted octanol–water partition coefficient (Wildman–Crippen LogP) is 0.695. The van der Waals surface area contributed by atoms with Crippen molar-refractivity contribution in [2.24, 2.45) is 5.92 Å². The number of imide groups is 1. The highest BCUT2D eigenvalue weighted by Crippen LogP contribution is 2.29. The molecule has 138 valence electrons. The lowest BCUT2D eigenvalue weighted by atomic mass is 9.91. The van der Waals surface area contributed by atoms with Crippen LogP contribution in [-0.2, 0) is 19.9 Å². The number of urea groups is 1. The number of hydrogen-bond donors (Lipinski definition) is 2. The van der Waals surface area contributed by atoms with Gasteiger partial charge >= 0.3 is 12.0 Å². The summed E-state index contributed by atoms with van der Waals surface area (Å²) < 4.78 is 0. The highest BCUT2D eigenvalue weighted by molar-refractivity contribution is 6.09. The molecule has 2 heterocycles. The first-order valence-electron chi connectivity index (χ1n) is 8.44. The van der Waals surface area contributed by atoms with Crippen LogP contribution < -0.4 is 5.32 Å². The maximum Gasteiger partial charge on any atom is 0.325 e. The summed E-state index contributed by atoms with van der Waals surface area (Å²) in [5, 5.41) is 11.7.